The molecule has 2 fully saturated rings. The molecular formula is C19H34O2Si. The minimum atomic E-state index is -1.65. The Morgan fingerprint density at radius 3 is 2.77 bits per heavy atom. The highest BCUT2D eigenvalue weighted by Gasteiger charge is 2.48. The first kappa shape index (κ1) is 16.7. The zero-order valence-electron chi connectivity index (χ0n) is 15.2. The lowest BCUT2D eigenvalue weighted by Gasteiger charge is -2.38. The van der Waals surface area contributed by atoms with E-state index in [1.165, 1.54) is 38.5 Å². The Hall–Kier alpha value is -0.123. The molecule has 2 nitrogen and oxygen atoms in total. The van der Waals surface area contributed by atoms with Gasteiger partial charge in [0.25, 0.3) is 0 Å². The second-order valence-electron chi connectivity index (χ2n) is 9.19. The normalized spacial score (nSPS) is 35.8. The van der Waals surface area contributed by atoms with Crippen molar-refractivity contribution < 1.29 is 9.16 Å². The molecule has 1 saturated heterocycles. The average Bonchev–Trinajstić information content (AvgIpc) is 2.76. The van der Waals surface area contributed by atoms with Gasteiger partial charge in [0.05, 0.1) is 11.7 Å². The van der Waals surface area contributed by atoms with E-state index in [9.17, 15) is 0 Å². The predicted molar refractivity (Wildman–Crippen MR) is 94.6 cm³/mol. The van der Waals surface area contributed by atoms with Crippen LogP contribution in [0.15, 0.2) is 11.6 Å². The van der Waals surface area contributed by atoms with Crippen LogP contribution >= 0.6 is 0 Å². The van der Waals surface area contributed by atoms with Crippen LogP contribution in [0.1, 0.15) is 65.7 Å². The van der Waals surface area contributed by atoms with Crippen LogP contribution in [0, 0.1) is 5.92 Å². The Labute approximate surface area is 137 Å². The molecule has 0 unspecified atom stereocenters. The summed E-state index contributed by atoms with van der Waals surface area (Å²) in [5.74, 6) is 0.562. The number of allylic oxidation sites excluding steroid dienone is 1. The fraction of sp³-hybridized carbons (Fsp3) is 0.895. The van der Waals surface area contributed by atoms with Gasteiger partial charge in [-0.25, -0.2) is 0 Å². The third-order valence-electron chi connectivity index (χ3n) is 6.73. The van der Waals surface area contributed by atoms with E-state index in [1.807, 2.05) is 0 Å². The molecule has 3 rings (SSSR count). The maximum atomic E-state index is 6.64. The highest BCUT2D eigenvalue weighted by Crippen LogP contribution is 2.50. The Kier molecular flexibility index (Phi) is 4.37. The topological polar surface area (TPSA) is 18.5 Å². The summed E-state index contributed by atoms with van der Waals surface area (Å²) in [4.78, 5) is 0. The first-order valence-corrected chi connectivity index (χ1v) is 12.2. The molecule has 0 aromatic carbocycles. The Morgan fingerprint density at radius 1 is 1.27 bits per heavy atom. The molecule has 3 heteroatoms. The van der Waals surface area contributed by atoms with Crippen molar-refractivity contribution in [2.45, 2.75) is 95.6 Å². The lowest BCUT2D eigenvalue weighted by atomic mass is 9.76. The number of hydrogen-bond acceptors (Lipinski definition) is 2. The monoisotopic (exact) mass is 322 g/mol. The van der Waals surface area contributed by atoms with Gasteiger partial charge >= 0.3 is 0 Å². The van der Waals surface area contributed by atoms with Crippen LogP contribution in [0.25, 0.3) is 0 Å². The van der Waals surface area contributed by atoms with Crippen molar-refractivity contribution in [3.63, 3.8) is 0 Å². The zero-order valence-corrected chi connectivity index (χ0v) is 16.2. The van der Waals surface area contributed by atoms with Crippen LogP contribution in [0.5, 0.6) is 0 Å². The van der Waals surface area contributed by atoms with Gasteiger partial charge in [-0.1, -0.05) is 26.8 Å². The molecule has 0 radical (unpaired) electrons. The first-order chi connectivity index (χ1) is 10.2. The molecule has 3 atom stereocenters. The standard InChI is InChI=1S/C19H34O2Si/c1-18(2,3)22(4,5)20-14-15-9-10-16-8-6-7-12-19(16)13-11-17(15)21-19/h10,15,17H,6-9,11-14H2,1-5H3/t15-,17+,19-/m0/s1. The molecule has 2 heterocycles. The minimum Gasteiger partial charge on any atom is -0.416 e. The number of hydrogen-bond donors (Lipinski definition) is 0. The van der Waals surface area contributed by atoms with E-state index >= 15 is 0 Å². The molecule has 0 amide bonds. The lowest BCUT2D eigenvalue weighted by molar-refractivity contribution is -0.0541. The molecule has 0 aromatic rings. The van der Waals surface area contributed by atoms with Crippen LogP contribution in [0.2, 0.25) is 18.1 Å². The summed E-state index contributed by atoms with van der Waals surface area (Å²) in [6.45, 7) is 12.6. The summed E-state index contributed by atoms with van der Waals surface area (Å²) in [5, 5.41) is 0.294. The van der Waals surface area contributed by atoms with Crippen molar-refractivity contribution in [3.8, 4) is 0 Å². The van der Waals surface area contributed by atoms with E-state index in [4.69, 9.17) is 9.16 Å². The maximum absolute atomic E-state index is 6.64. The Balaban J connectivity index is 1.68. The van der Waals surface area contributed by atoms with Gasteiger partial charge in [-0.3, -0.25) is 0 Å². The SMILES string of the molecule is CC(C)(C)[Si](C)(C)OC[C@@H]1CC=C2CCCC[C@]23CC[C@H]1O3. The number of rotatable bonds is 3. The van der Waals surface area contributed by atoms with E-state index in [0.29, 0.717) is 17.1 Å². The van der Waals surface area contributed by atoms with Crippen LogP contribution in [-0.4, -0.2) is 26.6 Å². The van der Waals surface area contributed by atoms with Crippen LogP contribution < -0.4 is 0 Å². The zero-order chi connectivity index (χ0) is 16.0. The molecule has 22 heavy (non-hydrogen) atoms. The third kappa shape index (κ3) is 2.96. The van der Waals surface area contributed by atoms with Crippen molar-refractivity contribution in [2.75, 3.05) is 6.61 Å². The molecule has 126 valence electrons. The molecule has 2 aliphatic heterocycles. The largest absolute Gasteiger partial charge is 0.416 e. The predicted octanol–water partition coefficient (Wildman–Crippen LogP) is 5.45. The van der Waals surface area contributed by atoms with Crippen molar-refractivity contribution in [1.29, 1.82) is 0 Å². The van der Waals surface area contributed by atoms with Crippen molar-refractivity contribution in [1.82, 2.24) is 0 Å². The fourth-order valence-corrected chi connectivity index (χ4v) is 5.15. The van der Waals surface area contributed by atoms with E-state index in [2.05, 4.69) is 39.9 Å². The summed E-state index contributed by atoms with van der Waals surface area (Å²) < 4.78 is 13.2. The minimum absolute atomic E-state index is 0.134. The summed E-state index contributed by atoms with van der Waals surface area (Å²) in [5.41, 5.74) is 1.75. The van der Waals surface area contributed by atoms with Crippen molar-refractivity contribution >= 4 is 8.32 Å². The Morgan fingerprint density at radius 2 is 2.05 bits per heavy atom. The van der Waals surface area contributed by atoms with Crippen LogP contribution in [-0.2, 0) is 9.16 Å². The number of fused-ring (bicyclic) bond motifs is 1. The summed E-state index contributed by atoms with van der Waals surface area (Å²) >= 11 is 0. The van der Waals surface area contributed by atoms with E-state index < -0.39 is 8.32 Å². The first-order valence-electron chi connectivity index (χ1n) is 9.25. The van der Waals surface area contributed by atoms with Gasteiger partial charge in [-0.05, 0) is 68.7 Å². The lowest BCUT2D eigenvalue weighted by Crippen LogP contribution is -2.43. The molecule has 1 saturated carbocycles. The van der Waals surface area contributed by atoms with Gasteiger partial charge in [0.2, 0.25) is 0 Å². The smallest absolute Gasteiger partial charge is 0.191 e. The molecule has 0 N–H and O–H groups in total. The van der Waals surface area contributed by atoms with Gasteiger partial charge in [0.1, 0.15) is 0 Å². The van der Waals surface area contributed by atoms with Gasteiger partial charge in [-0.2, -0.15) is 0 Å². The second-order valence-corrected chi connectivity index (χ2v) is 14.0. The van der Waals surface area contributed by atoms with E-state index in [0.717, 1.165) is 13.0 Å². The molecule has 2 bridgehead atoms. The molecule has 1 spiro atoms. The van der Waals surface area contributed by atoms with Gasteiger partial charge in [0, 0.05) is 12.5 Å². The van der Waals surface area contributed by atoms with Crippen molar-refractivity contribution in [3.05, 3.63) is 11.6 Å². The highest BCUT2D eigenvalue weighted by molar-refractivity contribution is 6.74. The number of ether oxygens (including phenoxy) is 1. The molecule has 1 aliphatic carbocycles. The van der Waals surface area contributed by atoms with E-state index in [-0.39, 0.29) is 5.60 Å². The van der Waals surface area contributed by atoms with Gasteiger partial charge in [0.15, 0.2) is 8.32 Å². The quantitative estimate of drug-likeness (QED) is 0.508. The average molecular weight is 323 g/mol. The molecule has 0 aromatic heterocycles. The van der Waals surface area contributed by atoms with Gasteiger partial charge < -0.3 is 9.16 Å². The fourth-order valence-electron chi connectivity index (χ4n) is 4.09. The van der Waals surface area contributed by atoms with Crippen molar-refractivity contribution in [2.24, 2.45) is 5.92 Å². The van der Waals surface area contributed by atoms with Crippen LogP contribution in [0.4, 0.5) is 0 Å². The summed E-state index contributed by atoms with van der Waals surface area (Å²) in [6, 6.07) is 0. The highest BCUT2D eigenvalue weighted by atomic mass is 28.4. The van der Waals surface area contributed by atoms with Crippen LogP contribution in [0.3, 0.4) is 0 Å². The summed E-state index contributed by atoms with van der Waals surface area (Å²) in [6.07, 6.45) is 11.8. The second kappa shape index (κ2) is 5.75. The molecular weight excluding hydrogens is 288 g/mol. The maximum Gasteiger partial charge on any atom is 0.191 e. The van der Waals surface area contributed by atoms with Gasteiger partial charge in [-0.15, -0.1) is 0 Å². The Bertz CT molecular complexity index is 449. The third-order valence-corrected chi connectivity index (χ3v) is 11.2. The summed E-state index contributed by atoms with van der Waals surface area (Å²) in [7, 11) is -1.65. The molecule has 3 aliphatic rings. The van der Waals surface area contributed by atoms with E-state index in [1.54, 1.807) is 5.57 Å².